The second-order valence-electron chi connectivity index (χ2n) is 6.67. The molecule has 1 heterocycles. The Morgan fingerprint density at radius 3 is 2.38 bits per heavy atom. The minimum Gasteiger partial charge on any atom is -0.313 e. The van der Waals surface area contributed by atoms with Gasteiger partial charge in [0.2, 0.25) is 0 Å². The van der Waals surface area contributed by atoms with Crippen LogP contribution >= 0.6 is 0 Å². The highest BCUT2D eigenvalue weighted by atomic mass is 15.3. The standard InChI is InChI=1S/C18H27N3/c1-6-17(19-5)15-11-20-21(13-15)12-14-7-9-16(10-8-14)18(2,3)4/h7-11,13,17,19H,6,12H2,1-5H3. The highest BCUT2D eigenvalue weighted by molar-refractivity contribution is 5.27. The summed E-state index contributed by atoms with van der Waals surface area (Å²) in [5.41, 5.74) is 4.12. The van der Waals surface area contributed by atoms with Crippen LogP contribution in [0.1, 0.15) is 56.8 Å². The summed E-state index contributed by atoms with van der Waals surface area (Å²) in [7, 11) is 2.00. The quantitative estimate of drug-likeness (QED) is 0.903. The van der Waals surface area contributed by atoms with E-state index in [1.54, 1.807) is 0 Å². The van der Waals surface area contributed by atoms with Crippen LogP contribution in [0.15, 0.2) is 36.7 Å². The highest BCUT2D eigenvalue weighted by Gasteiger charge is 2.13. The van der Waals surface area contributed by atoms with Crippen LogP contribution in [0.5, 0.6) is 0 Å². The zero-order valence-corrected chi connectivity index (χ0v) is 13.9. The molecule has 1 unspecified atom stereocenters. The summed E-state index contributed by atoms with van der Waals surface area (Å²) in [4.78, 5) is 0. The molecule has 114 valence electrons. The summed E-state index contributed by atoms with van der Waals surface area (Å²) in [6.45, 7) is 9.73. The molecule has 0 saturated carbocycles. The van der Waals surface area contributed by atoms with Crippen molar-refractivity contribution >= 4 is 0 Å². The van der Waals surface area contributed by atoms with Crippen LogP contribution in [0.2, 0.25) is 0 Å². The van der Waals surface area contributed by atoms with Gasteiger partial charge in [0.15, 0.2) is 0 Å². The Bertz CT molecular complexity index is 557. The molecule has 3 nitrogen and oxygen atoms in total. The Hall–Kier alpha value is -1.61. The summed E-state index contributed by atoms with van der Waals surface area (Å²) in [5, 5.41) is 7.79. The fourth-order valence-corrected chi connectivity index (χ4v) is 2.55. The summed E-state index contributed by atoms with van der Waals surface area (Å²) < 4.78 is 2.02. The first-order valence-electron chi connectivity index (χ1n) is 7.73. The Kier molecular flexibility index (Phi) is 4.84. The molecular formula is C18H27N3. The van der Waals surface area contributed by atoms with Crippen molar-refractivity contribution in [3.05, 3.63) is 53.3 Å². The van der Waals surface area contributed by atoms with Crippen molar-refractivity contribution in [2.24, 2.45) is 0 Å². The minimum atomic E-state index is 0.207. The van der Waals surface area contributed by atoms with Gasteiger partial charge >= 0.3 is 0 Å². The molecule has 21 heavy (non-hydrogen) atoms. The fraction of sp³-hybridized carbons (Fsp3) is 0.500. The largest absolute Gasteiger partial charge is 0.313 e. The SMILES string of the molecule is CCC(NC)c1cnn(Cc2ccc(C(C)(C)C)cc2)c1. The van der Waals surface area contributed by atoms with Crippen LogP contribution in [-0.2, 0) is 12.0 Å². The van der Waals surface area contributed by atoms with Crippen molar-refractivity contribution in [3.63, 3.8) is 0 Å². The maximum absolute atomic E-state index is 4.48. The van der Waals surface area contributed by atoms with E-state index in [0.717, 1.165) is 13.0 Å². The van der Waals surface area contributed by atoms with Gasteiger partial charge in [0.05, 0.1) is 12.7 Å². The fourth-order valence-electron chi connectivity index (χ4n) is 2.55. The first-order chi connectivity index (χ1) is 9.94. The van der Waals surface area contributed by atoms with Crippen molar-refractivity contribution < 1.29 is 0 Å². The van der Waals surface area contributed by atoms with Crippen LogP contribution in [0.3, 0.4) is 0 Å². The number of benzene rings is 1. The molecule has 0 amide bonds. The predicted octanol–water partition coefficient (Wildman–Crippen LogP) is 3.90. The predicted molar refractivity (Wildman–Crippen MR) is 88.6 cm³/mol. The molecule has 1 atom stereocenters. The third-order valence-electron chi connectivity index (χ3n) is 3.98. The molecule has 1 aromatic heterocycles. The average Bonchev–Trinajstić information content (AvgIpc) is 2.88. The number of nitrogens with one attached hydrogen (secondary N) is 1. The smallest absolute Gasteiger partial charge is 0.0659 e. The highest BCUT2D eigenvalue weighted by Crippen LogP contribution is 2.22. The van der Waals surface area contributed by atoms with Crippen LogP contribution in [0, 0.1) is 0 Å². The Labute approximate surface area is 128 Å². The summed E-state index contributed by atoms with van der Waals surface area (Å²) in [6, 6.07) is 9.25. The van der Waals surface area contributed by atoms with Gasteiger partial charge < -0.3 is 5.32 Å². The van der Waals surface area contributed by atoms with E-state index < -0.39 is 0 Å². The Balaban J connectivity index is 2.08. The summed E-state index contributed by atoms with van der Waals surface area (Å²) in [5.74, 6) is 0. The molecule has 0 bridgehead atoms. The lowest BCUT2D eigenvalue weighted by Gasteiger charge is -2.19. The van der Waals surface area contributed by atoms with E-state index in [1.165, 1.54) is 16.7 Å². The Morgan fingerprint density at radius 1 is 1.19 bits per heavy atom. The summed E-state index contributed by atoms with van der Waals surface area (Å²) in [6.07, 6.45) is 5.18. The van der Waals surface area contributed by atoms with Gasteiger partial charge in [0, 0.05) is 17.8 Å². The molecule has 0 aliphatic heterocycles. The van der Waals surface area contributed by atoms with Crippen molar-refractivity contribution in [2.75, 3.05) is 7.05 Å². The molecule has 0 spiro atoms. The zero-order chi connectivity index (χ0) is 15.5. The van der Waals surface area contributed by atoms with Crippen molar-refractivity contribution in [2.45, 2.75) is 52.1 Å². The molecule has 0 saturated heterocycles. The normalized spacial score (nSPS) is 13.4. The lowest BCUT2D eigenvalue weighted by molar-refractivity contribution is 0.575. The molecule has 3 heteroatoms. The first kappa shape index (κ1) is 15.8. The Morgan fingerprint density at radius 2 is 1.86 bits per heavy atom. The van der Waals surface area contributed by atoms with E-state index in [1.807, 2.05) is 17.9 Å². The molecule has 0 fully saturated rings. The van der Waals surface area contributed by atoms with Gasteiger partial charge in [-0.15, -0.1) is 0 Å². The van der Waals surface area contributed by atoms with E-state index >= 15 is 0 Å². The lowest BCUT2D eigenvalue weighted by atomic mass is 9.87. The van der Waals surface area contributed by atoms with Gasteiger partial charge in [-0.2, -0.15) is 5.10 Å². The number of hydrogen-bond donors (Lipinski definition) is 1. The van der Waals surface area contributed by atoms with Gasteiger partial charge in [-0.1, -0.05) is 52.0 Å². The van der Waals surface area contributed by atoms with E-state index in [-0.39, 0.29) is 5.41 Å². The molecule has 2 rings (SSSR count). The van der Waals surface area contributed by atoms with Gasteiger partial charge in [0.25, 0.3) is 0 Å². The van der Waals surface area contributed by atoms with Gasteiger partial charge in [0.1, 0.15) is 0 Å². The van der Waals surface area contributed by atoms with Gasteiger partial charge in [-0.05, 0) is 30.0 Å². The van der Waals surface area contributed by atoms with E-state index in [0.29, 0.717) is 6.04 Å². The van der Waals surface area contributed by atoms with Crippen LogP contribution in [0.25, 0.3) is 0 Å². The molecule has 1 aromatic carbocycles. The van der Waals surface area contributed by atoms with E-state index in [4.69, 9.17) is 0 Å². The van der Waals surface area contributed by atoms with Crippen LogP contribution in [-0.4, -0.2) is 16.8 Å². The number of hydrogen-bond acceptors (Lipinski definition) is 2. The molecular weight excluding hydrogens is 258 g/mol. The third-order valence-corrected chi connectivity index (χ3v) is 3.98. The first-order valence-corrected chi connectivity index (χ1v) is 7.73. The van der Waals surface area contributed by atoms with Crippen LogP contribution < -0.4 is 5.32 Å². The van der Waals surface area contributed by atoms with Crippen molar-refractivity contribution in [3.8, 4) is 0 Å². The van der Waals surface area contributed by atoms with Gasteiger partial charge in [-0.3, -0.25) is 4.68 Å². The third kappa shape index (κ3) is 3.94. The summed E-state index contributed by atoms with van der Waals surface area (Å²) >= 11 is 0. The average molecular weight is 285 g/mol. The maximum atomic E-state index is 4.48. The minimum absolute atomic E-state index is 0.207. The van der Waals surface area contributed by atoms with E-state index in [2.05, 4.69) is 68.6 Å². The zero-order valence-electron chi connectivity index (χ0n) is 13.9. The maximum Gasteiger partial charge on any atom is 0.0659 e. The molecule has 0 radical (unpaired) electrons. The van der Waals surface area contributed by atoms with Crippen molar-refractivity contribution in [1.82, 2.24) is 15.1 Å². The number of nitrogens with zero attached hydrogens (tertiary/aromatic N) is 2. The van der Waals surface area contributed by atoms with Crippen LogP contribution in [0.4, 0.5) is 0 Å². The second-order valence-corrected chi connectivity index (χ2v) is 6.67. The van der Waals surface area contributed by atoms with Gasteiger partial charge in [-0.25, -0.2) is 0 Å². The molecule has 0 aliphatic rings. The van der Waals surface area contributed by atoms with E-state index in [9.17, 15) is 0 Å². The second kappa shape index (κ2) is 6.44. The lowest BCUT2D eigenvalue weighted by Crippen LogP contribution is -2.14. The number of rotatable bonds is 5. The molecule has 0 aliphatic carbocycles. The molecule has 1 N–H and O–H groups in total. The van der Waals surface area contributed by atoms with Crippen molar-refractivity contribution in [1.29, 1.82) is 0 Å². The number of aromatic nitrogens is 2. The monoisotopic (exact) mass is 285 g/mol. The molecule has 2 aromatic rings. The topological polar surface area (TPSA) is 29.9 Å².